The molecule has 3 aromatic rings. The molecule has 0 unspecified atom stereocenters. The van der Waals surface area contributed by atoms with Gasteiger partial charge in [0.1, 0.15) is 11.6 Å². The number of rotatable bonds is 3. The molecule has 1 aliphatic heterocycles. The summed E-state index contributed by atoms with van der Waals surface area (Å²) in [5.74, 6) is -0.361. The van der Waals surface area contributed by atoms with Crippen molar-refractivity contribution in [1.82, 2.24) is 9.97 Å². The van der Waals surface area contributed by atoms with Gasteiger partial charge in [-0.15, -0.1) is 0 Å². The molecule has 2 aromatic carbocycles. The van der Waals surface area contributed by atoms with Gasteiger partial charge >= 0.3 is 0 Å². The number of hydrogen-bond acceptors (Lipinski definition) is 3. The molecule has 2 heterocycles. The third-order valence-electron chi connectivity index (χ3n) is 4.50. The maximum atomic E-state index is 13.1. The van der Waals surface area contributed by atoms with E-state index in [1.165, 1.54) is 17.0 Å². The number of carbonyl (C=O) groups excluding carboxylic acids is 2. The summed E-state index contributed by atoms with van der Waals surface area (Å²) in [4.78, 5) is 33.8. The van der Waals surface area contributed by atoms with Gasteiger partial charge < -0.3 is 15.2 Å². The molecular weight excluding hydrogens is 335 g/mol. The molecule has 132 valence electrons. The fourth-order valence-electron chi connectivity index (χ4n) is 3.21. The third kappa shape index (κ3) is 3.03. The molecule has 0 bridgehead atoms. The van der Waals surface area contributed by atoms with Crippen LogP contribution in [0.4, 0.5) is 15.8 Å². The Labute approximate surface area is 149 Å². The number of anilines is 2. The Hall–Kier alpha value is -3.22. The highest BCUT2D eigenvalue weighted by Crippen LogP contribution is 2.26. The number of aryl methyl sites for hydroxylation is 1. The van der Waals surface area contributed by atoms with Crippen molar-refractivity contribution < 1.29 is 14.0 Å². The van der Waals surface area contributed by atoms with Gasteiger partial charge in [-0.1, -0.05) is 0 Å². The molecule has 2 amide bonds. The first-order chi connectivity index (χ1) is 12.5. The van der Waals surface area contributed by atoms with Crippen molar-refractivity contribution >= 4 is 34.2 Å². The van der Waals surface area contributed by atoms with E-state index in [9.17, 15) is 14.0 Å². The Kier molecular flexibility index (Phi) is 3.91. The van der Waals surface area contributed by atoms with Crippen LogP contribution in [0.15, 0.2) is 42.5 Å². The maximum Gasteiger partial charge on any atom is 0.229 e. The van der Waals surface area contributed by atoms with Crippen LogP contribution in [0.3, 0.4) is 0 Å². The van der Waals surface area contributed by atoms with E-state index < -0.39 is 5.92 Å². The summed E-state index contributed by atoms with van der Waals surface area (Å²) >= 11 is 0. The number of fused-ring (bicyclic) bond motifs is 1. The van der Waals surface area contributed by atoms with Crippen LogP contribution in [0, 0.1) is 18.7 Å². The number of aromatic amines is 1. The lowest BCUT2D eigenvalue weighted by atomic mass is 10.1. The van der Waals surface area contributed by atoms with E-state index in [1.807, 2.05) is 19.1 Å². The van der Waals surface area contributed by atoms with Crippen molar-refractivity contribution in [2.75, 3.05) is 16.8 Å². The van der Waals surface area contributed by atoms with E-state index in [0.29, 0.717) is 11.4 Å². The molecule has 7 heteroatoms. The van der Waals surface area contributed by atoms with Crippen LogP contribution < -0.4 is 10.2 Å². The van der Waals surface area contributed by atoms with Crippen LogP contribution >= 0.6 is 0 Å². The average Bonchev–Trinajstić information content (AvgIpc) is 3.17. The Morgan fingerprint density at radius 3 is 2.81 bits per heavy atom. The summed E-state index contributed by atoms with van der Waals surface area (Å²) in [6.07, 6.45) is 0.134. The molecule has 1 fully saturated rings. The van der Waals surface area contributed by atoms with Gasteiger partial charge in [0.05, 0.1) is 17.0 Å². The molecule has 26 heavy (non-hydrogen) atoms. The first-order valence-corrected chi connectivity index (χ1v) is 8.33. The monoisotopic (exact) mass is 352 g/mol. The molecule has 0 spiro atoms. The molecule has 0 radical (unpaired) electrons. The van der Waals surface area contributed by atoms with Crippen molar-refractivity contribution in [1.29, 1.82) is 0 Å². The van der Waals surface area contributed by atoms with Crippen LogP contribution in [0.25, 0.3) is 11.0 Å². The van der Waals surface area contributed by atoms with Gasteiger partial charge in [-0.05, 0) is 49.4 Å². The van der Waals surface area contributed by atoms with Crippen LogP contribution in [0.5, 0.6) is 0 Å². The normalized spacial score (nSPS) is 17.1. The lowest BCUT2D eigenvalue weighted by Gasteiger charge is -2.16. The predicted molar refractivity (Wildman–Crippen MR) is 96.3 cm³/mol. The van der Waals surface area contributed by atoms with Crippen molar-refractivity contribution in [3.05, 3.63) is 54.1 Å². The van der Waals surface area contributed by atoms with E-state index in [0.717, 1.165) is 16.9 Å². The number of benzene rings is 2. The molecule has 0 saturated carbocycles. The van der Waals surface area contributed by atoms with Crippen LogP contribution in [-0.2, 0) is 9.59 Å². The van der Waals surface area contributed by atoms with E-state index >= 15 is 0 Å². The molecule has 1 saturated heterocycles. The number of amides is 2. The number of nitrogens with zero attached hydrogens (tertiary/aromatic N) is 2. The van der Waals surface area contributed by atoms with E-state index in [4.69, 9.17) is 0 Å². The molecule has 1 atom stereocenters. The first-order valence-electron chi connectivity index (χ1n) is 8.33. The highest BCUT2D eigenvalue weighted by atomic mass is 19.1. The zero-order valence-electron chi connectivity index (χ0n) is 14.1. The number of nitrogens with one attached hydrogen (secondary N) is 2. The van der Waals surface area contributed by atoms with E-state index in [-0.39, 0.29) is 30.6 Å². The molecule has 1 aromatic heterocycles. The Morgan fingerprint density at radius 1 is 1.27 bits per heavy atom. The highest BCUT2D eigenvalue weighted by Gasteiger charge is 2.35. The highest BCUT2D eigenvalue weighted by molar-refractivity contribution is 6.03. The lowest BCUT2D eigenvalue weighted by molar-refractivity contribution is -0.122. The predicted octanol–water partition coefficient (Wildman–Crippen LogP) is 3.00. The second kappa shape index (κ2) is 6.25. The molecule has 6 nitrogen and oxygen atoms in total. The number of carbonyl (C=O) groups is 2. The van der Waals surface area contributed by atoms with Gasteiger partial charge in [0, 0.05) is 24.3 Å². The second-order valence-electron chi connectivity index (χ2n) is 6.43. The third-order valence-corrected chi connectivity index (χ3v) is 4.50. The quantitative estimate of drug-likeness (QED) is 0.761. The van der Waals surface area contributed by atoms with Gasteiger partial charge in [-0.3, -0.25) is 9.59 Å². The van der Waals surface area contributed by atoms with Gasteiger partial charge in [0.15, 0.2) is 0 Å². The number of aromatic nitrogens is 2. The van der Waals surface area contributed by atoms with Crippen molar-refractivity contribution in [2.24, 2.45) is 5.92 Å². The van der Waals surface area contributed by atoms with Crippen molar-refractivity contribution in [3.63, 3.8) is 0 Å². The lowest BCUT2D eigenvalue weighted by Crippen LogP contribution is -2.28. The largest absolute Gasteiger partial charge is 0.342 e. The SMILES string of the molecule is Cc1nc2ccc(NC(=O)[C@@H]3CC(=O)N(c4ccc(F)cc4)C3)cc2[nH]1. The summed E-state index contributed by atoms with van der Waals surface area (Å²) in [7, 11) is 0. The summed E-state index contributed by atoms with van der Waals surface area (Å²) in [5, 5.41) is 2.86. The molecular formula is C19H17FN4O2. The van der Waals surface area contributed by atoms with Gasteiger partial charge in [-0.25, -0.2) is 9.37 Å². The number of H-pyrrole nitrogens is 1. The van der Waals surface area contributed by atoms with Gasteiger partial charge in [0.25, 0.3) is 0 Å². The standard InChI is InChI=1S/C19H17FN4O2/c1-11-21-16-7-4-14(9-17(16)22-11)23-19(26)12-8-18(25)24(10-12)15-5-2-13(20)3-6-15/h2-7,9,12H,8,10H2,1H3,(H,21,22)(H,23,26)/t12-/m1/s1. The number of imidazole rings is 1. The maximum absolute atomic E-state index is 13.1. The molecule has 0 aliphatic carbocycles. The average molecular weight is 352 g/mol. The zero-order chi connectivity index (χ0) is 18.3. The minimum atomic E-state index is -0.452. The molecule has 1 aliphatic rings. The van der Waals surface area contributed by atoms with E-state index in [1.54, 1.807) is 18.2 Å². The topological polar surface area (TPSA) is 78.1 Å². The smallest absolute Gasteiger partial charge is 0.229 e. The van der Waals surface area contributed by atoms with Gasteiger partial charge in [-0.2, -0.15) is 0 Å². The van der Waals surface area contributed by atoms with Crippen LogP contribution in [0.1, 0.15) is 12.2 Å². The van der Waals surface area contributed by atoms with Gasteiger partial charge in [0.2, 0.25) is 11.8 Å². The minimum Gasteiger partial charge on any atom is -0.342 e. The van der Waals surface area contributed by atoms with E-state index in [2.05, 4.69) is 15.3 Å². The molecule has 4 rings (SSSR count). The fourth-order valence-corrected chi connectivity index (χ4v) is 3.21. The minimum absolute atomic E-state index is 0.134. The Balaban J connectivity index is 1.47. The summed E-state index contributed by atoms with van der Waals surface area (Å²) in [5.41, 5.74) is 2.93. The summed E-state index contributed by atoms with van der Waals surface area (Å²) in [6.45, 7) is 2.15. The second-order valence-corrected chi connectivity index (χ2v) is 6.43. The number of hydrogen-bond donors (Lipinski definition) is 2. The number of halogens is 1. The Morgan fingerprint density at radius 2 is 2.04 bits per heavy atom. The Bertz CT molecular complexity index is 996. The van der Waals surface area contributed by atoms with Crippen molar-refractivity contribution in [3.8, 4) is 0 Å². The van der Waals surface area contributed by atoms with Crippen LogP contribution in [-0.4, -0.2) is 28.3 Å². The zero-order valence-corrected chi connectivity index (χ0v) is 14.1. The molecule has 2 N–H and O–H groups in total. The van der Waals surface area contributed by atoms with Crippen LogP contribution in [0.2, 0.25) is 0 Å². The fraction of sp³-hybridized carbons (Fsp3) is 0.211. The first kappa shape index (κ1) is 16.3. The van der Waals surface area contributed by atoms with Crippen molar-refractivity contribution in [2.45, 2.75) is 13.3 Å². The summed E-state index contributed by atoms with van der Waals surface area (Å²) < 4.78 is 13.1. The summed E-state index contributed by atoms with van der Waals surface area (Å²) in [6, 6.07) is 11.1.